The van der Waals surface area contributed by atoms with Gasteiger partial charge in [0, 0.05) is 15.7 Å². The fourth-order valence-corrected chi connectivity index (χ4v) is 3.72. The van der Waals surface area contributed by atoms with Crippen molar-refractivity contribution in [3.8, 4) is 5.75 Å². The average Bonchev–Trinajstić information content (AvgIpc) is 2.44. The third-order valence-electron chi connectivity index (χ3n) is 2.97. The summed E-state index contributed by atoms with van der Waals surface area (Å²) in [5, 5.41) is 4.86. The van der Waals surface area contributed by atoms with Crippen LogP contribution in [0.4, 0.5) is 0 Å². The SMILES string of the molecule is CCC(CBr)(CBr)NC(=O)c1cc(Cl)ccc1OC. The van der Waals surface area contributed by atoms with E-state index in [4.69, 9.17) is 16.3 Å². The summed E-state index contributed by atoms with van der Waals surface area (Å²) in [7, 11) is 1.53. The monoisotopic (exact) mass is 411 g/mol. The zero-order chi connectivity index (χ0) is 14.5. The lowest BCUT2D eigenvalue weighted by molar-refractivity contribution is 0.0912. The first-order valence-corrected chi connectivity index (χ1v) is 8.42. The van der Waals surface area contributed by atoms with Crippen LogP contribution in [0, 0.1) is 0 Å². The van der Waals surface area contributed by atoms with Gasteiger partial charge in [-0.05, 0) is 24.6 Å². The van der Waals surface area contributed by atoms with Gasteiger partial charge in [0.25, 0.3) is 5.91 Å². The third kappa shape index (κ3) is 4.10. The molecule has 0 saturated carbocycles. The zero-order valence-corrected chi connectivity index (χ0v) is 14.7. The van der Waals surface area contributed by atoms with Crippen LogP contribution in [-0.4, -0.2) is 29.2 Å². The fourth-order valence-electron chi connectivity index (χ4n) is 1.55. The fraction of sp³-hybridized carbons (Fsp3) is 0.462. The molecular weight excluding hydrogens is 397 g/mol. The topological polar surface area (TPSA) is 38.3 Å². The van der Waals surface area contributed by atoms with Gasteiger partial charge < -0.3 is 10.1 Å². The van der Waals surface area contributed by atoms with Gasteiger partial charge in [0.15, 0.2) is 0 Å². The molecule has 1 aromatic carbocycles. The van der Waals surface area contributed by atoms with Crippen molar-refractivity contribution in [2.75, 3.05) is 17.8 Å². The highest BCUT2D eigenvalue weighted by molar-refractivity contribution is 9.09. The molecule has 1 rings (SSSR count). The molecule has 0 spiro atoms. The molecule has 0 heterocycles. The van der Waals surface area contributed by atoms with Crippen LogP contribution in [0.15, 0.2) is 18.2 Å². The van der Waals surface area contributed by atoms with E-state index in [9.17, 15) is 4.79 Å². The van der Waals surface area contributed by atoms with E-state index in [1.807, 2.05) is 6.92 Å². The van der Waals surface area contributed by atoms with Crippen LogP contribution in [0.5, 0.6) is 5.75 Å². The first kappa shape index (κ1) is 16.8. The second kappa shape index (κ2) is 7.50. The molecule has 3 nitrogen and oxygen atoms in total. The maximum Gasteiger partial charge on any atom is 0.255 e. The third-order valence-corrected chi connectivity index (χ3v) is 5.36. The summed E-state index contributed by atoms with van der Waals surface area (Å²) in [6.45, 7) is 2.03. The molecular formula is C13H16Br2ClNO2. The first-order chi connectivity index (χ1) is 9.01. The minimum absolute atomic E-state index is 0.194. The highest BCUT2D eigenvalue weighted by atomic mass is 79.9. The second-order valence-electron chi connectivity index (χ2n) is 4.20. The van der Waals surface area contributed by atoms with Gasteiger partial charge in [-0.25, -0.2) is 0 Å². The summed E-state index contributed by atoms with van der Waals surface area (Å²) in [4.78, 5) is 12.4. The predicted octanol–water partition coefficient (Wildman–Crippen LogP) is 4.02. The van der Waals surface area contributed by atoms with Gasteiger partial charge in [-0.2, -0.15) is 0 Å². The minimum Gasteiger partial charge on any atom is -0.496 e. The van der Waals surface area contributed by atoms with Crippen molar-refractivity contribution in [3.05, 3.63) is 28.8 Å². The van der Waals surface area contributed by atoms with E-state index in [1.54, 1.807) is 18.2 Å². The van der Waals surface area contributed by atoms with E-state index >= 15 is 0 Å². The molecule has 0 aliphatic rings. The number of nitrogens with one attached hydrogen (secondary N) is 1. The summed E-state index contributed by atoms with van der Waals surface area (Å²) in [6, 6.07) is 4.99. The van der Waals surface area contributed by atoms with E-state index in [-0.39, 0.29) is 11.4 Å². The Hall–Kier alpha value is -0.260. The van der Waals surface area contributed by atoms with Gasteiger partial charge in [0.1, 0.15) is 5.75 Å². The van der Waals surface area contributed by atoms with E-state index in [1.165, 1.54) is 7.11 Å². The molecule has 0 aliphatic carbocycles. The zero-order valence-electron chi connectivity index (χ0n) is 10.8. The Morgan fingerprint density at radius 3 is 2.53 bits per heavy atom. The number of hydrogen-bond donors (Lipinski definition) is 1. The normalized spacial score (nSPS) is 11.2. The van der Waals surface area contributed by atoms with Crippen molar-refractivity contribution in [1.29, 1.82) is 0 Å². The molecule has 0 bridgehead atoms. The van der Waals surface area contributed by atoms with E-state index < -0.39 is 0 Å². The summed E-state index contributed by atoms with van der Waals surface area (Å²) < 4.78 is 5.19. The summed E-state index contributed by atoms with van der Waals surface area (Å²) in [6.07, 6.45) is 0.804. The number of hydrogen-bond acceptors (Lipinski definition) is 2. The van der Waals surface area contributed by atoms with Crippen LogP contribution in [0.1, 0.15) is 23.7 Å². The molecule has 0 aliphatic heterocycles. The smallest absolute Gasteiger partial charge is 0.255 e. The van der Waals surface area contributed by atoms with Crippen LogP contribution < -0.4 is 10.1 Å². The molecule has 1 amide bonds. The summed E-state index contributed by atoms with van der Waals surface area (Å²) in [5.74, 6) is 0.316. The van der Waals surface area contributed by atoms with Gasteiger partial charge in [-0.3, -0.25) is 4.79 Å². The summed E-state index contributed by atoms with van der Waals surface area (Å²) in [5.41, 5.74) is 0.111. The van der Waals surface area contributed by atoms with Crippen LogP contribution >= 0.6 is 43.5 Å². The molecule has 1 N–H and O–H groups in total. The molecule has 1 aromatic rings. The number of carbonyl (C=O) groups excluding carboxylic acids is 1. The molecule has 0 atom stereocenters. The van der Waals surface area contributed by atoms with Gasteiger partial charge in [0.05, 0.1) is 18.2 Å². The second-order valence-corrected chi connectivity index (χ2v) is 5.76. The number of alkyl halides is 2. The van der Waals surface area contributed by atoms with Crippen molar-refractivity contribution in [1.82, 2.24) is 5.32 Å². The minimum atomic E-state index is -0.329. The van der Waals surface area contributed by atoms with Crippen LogP contribution in [0.2, 0.25) is 5.02 Å². The quantitative estimate of drug-likeness (QED) is 0.716. The lowest BCUT2D eigenvalue weighted by Gasteiger charge is -2.30. The van der Waals surface area contributed by atoms with E-state index in [0.29, 0.717) is 27.0 Å². The molecule has 19 heavy (non-hydrogen) atoms. The van der Waals surface area contributed by atoms with E-state index in [0.717, 1.165) is 6.42 Å². The van der Waals surface area contributed by atoms with Crippen LogP contribution in [0.25, 0.3) is 0 Å². The Morgan fingerprint density at radius 1 is 1.42 bits per heavy atom. The molecule has 0 aromatic heterocycles. The number of rotatable bonds is 6. The van der Waals surface area contributed by atoms with Crippen LogP contribution in [0.3, 0.4) is 0 Å². The maximum absolute atomic E-state index is 12.4. The number of methoxy groups -OCH3 is 1. The number of carbonyl (C=O) groups is 1. The molecule has 0 radical (unpaired) electrons. The Labute approximate surface area is 135 Å². The molecule has 0 fully saturated rings. The van der Waals surface area contributed by atoms with Crippen molar-refractivity contribution >= 4 is 49.4 Å². The molecule has 0 saturated heterocycles. The maximum atomic E-state index is 12.4. The first-order valence-electron chi connectivity index (χ1n) is 5.80. The standard InChI is InChI=1S/C13H16Br2ClNO2/c1-3-13(7-14,8-15)17-12(18)10-6-9(16)4-5-11(10)19-2/h4-6H,3,7-8H2,1-2H3,(H,17,18). The number of ether oxygens (including phenoxy) is 1. The van der Waals surface area contributed by atoms with Gasteiger partial charge >= 0.3 is 0 Å². The molecule has 0 unspecified atom stereocenters. The van der Waals surface area contributed by atoms with Crippen molar-refractivity contribution in [3.63, 3.8) is 0 Å². The van der Waals surface area contributed by atoms with E-state index in [2.05, 4.69) is 37.2 Å². The molecule has 6 heteroatoms. The van der Waals surface area contributed by atoms with Gasteiger partial charge in [0.2, 0.25) is 0 Å². The largest absolute Gasteiger partial charge is 0.496 e. The van der Waals surface area contributed by atoms with Crippen LogP contribution in [-0.2, 0) is 0 Å². The molecule has 106 valence electrons. The Morgan fingerprint density at radius 2 is 2.05 bits per heavy atom. The van der Waals surface area contributed by atoms with Crippen molar-refractivity contribution in [2.45, 2.75) is 18.9 Å². The number of benzene rings is 1. The number of halogens is 3. The Bertz CT molecular complexity index is 442. The lowest BCUT2D eigenvalue weighted by Crippen LogP contribution is -2.51. The Balaban J connectivity index is 3.03. The van der Waals surface area contributed by atoms with Gasteiger partial charge in [-0.15, -0.1) is 0 Å². The lowest BCUT2D eigenvalue weighted by atomic mass is 10.0. The van der Waals surface area contributed by atoms with Gasteiger partial charge in [-0.1, -0.05) is 50.4 Å². The Kier molecular flexibility index (Phi) is 6.63. The number of amides is 1. The van der Waals surface area contributed by atoms with Crippen molar-refractivity contribution in [2.24, 2.45) is 0 Å². The predicted molar refractivity (Wildman–Crippen MR) is 86.1 cm³/mol. The van der Waals surface area contributed by atoms with Crippen molar-refractivity contribution < 1.29 is 9.53 Å². The highest BCUT2D eigenvalue weighted by Gasteiger charge is 2.29. The summed E-state index contributed by atoms with van der Waals surface area (Å²) >= 11 is 12.8. The average molecular weight is 414 g/mol. The highest BCUT2D eigenvalue weighted by Crippen LogP contribution is 2.24.